The number of rotatable bonds is 4. The summed E-state index contributed by atoms with van der Waals surface area (Å²) in [6.07, 6.45) is 3.04. The van der Waals surface area contributed by atoms with Crippen molar-refractivity contribution in [3.8, 4) is 0 Å². The second-order valence-corrected chi connectivity index (χ2v) is 6.48. The van der Waals surface area contributed by atoms with Crippen molar-refractivity contribution in [3.63, 3.8) is 0 Å². The molecule has 3 rings (SSSR count). The van der Waals surface area contributed by atoms with E-state index in [0.717, 1.165) is 22.5 Å². The molecule has 0 unspecified atom stereocenters. The number of hydrogen-bond donors (Lipinski definition) is 2. The van der Waals surface area contributed by atoms with E-state index in [1.165, 1.54) is 17.3 Å². The van der Waals surface area contributed by atoms with Crippen LogP contribution in [-0.4, -0.2) is 15.9 Å². The summed E-state index contributed by atoms with van der Waals surface area (Å²) in [6.45, 7) is 8.14. The molecule has 1 heterocycles. The number of aromatic nitrogens is 2. The zero-order valence-corrected chi connectivity index (χ0v) is 15.4. The zero-order chi connectivity index (χ0) is 18.7. The van der Waals surface area contributed by atoms with Gasteiger partial charge < -0.3 is 10.6 Å². The Morgan fingerprint density at radius 2 is 1.65 bits per heavy atom. The summed E-state index contributed by atoms with van der Waals surface area (Å²) in [4.78, 5) is 20.9. The van der Waals surface area contributed by atoms with E-state index in [1.54, 1.807) is 6.20 Å². The third-order valence-corrected chi connectivity index (χ3v) is 4.29. The van der Waals surface area contributed by atoms with Gasteiger partial charge in [0.15, 0.2) is 0 Å². The molecule has 3 aromatic rings. The molecule has 0 bridgehead atoms. The van der Waals surface area contributed by atoms with Crippen molar-refractivity contribution in [2.24, 2.45) is 0 Å². The first-order chi connectivity index (χ1) is 12.4. The Bertz CT molecular complexity index is 949. The van der Waals surface area contributed by atoms with Crippen molar-refractivity contribution in [3.05, 3.63) is 76.7 Å². The minimum absolute atomic E-state index is 0.273. The van der Waals surface area contributed by atoms with E-state index in [0.29, 0.717) is 5.82 Å². The van der Waals surface area contributed by atoms with Crippen molar-refractivity contribution in [2.45, 2.75) is 27.7 Å². The second-order valence-electron chi connectivity index (χ2n) is 6.48. The quantitative estimate of drug-likeness (QED) is 0.718. The van der Waals surface area contributed by atoms with Crippen molar-refractivity contribution in [2.75, 3.05) is 10.6 Å². The van der Waals surface area contributed by atoms with Crippen molar-refractivity contribution >= 4 is 23.1 Å². The highest BCUT2D eigenvalue weighted by molar-refractivity contribution is 6.02. The first-order valence-electron chi connectivity index (χ1n) is 8.47. The van der Waals surface area contributed by atoms with Gasteiger partial charge in [0.2, 0.25) is 0 Å². The van der Waals surface area contributed by atoms with Crippen LogP contribution in [0.3, 0.4) is 0 Å². The maximum Gasteiger partial charge on any atom is 0.275 e. The van der Waals surface area contributed by atoms with Gasteiger partial charge in [-0.15, -0.1) is 0 Å². The topological polar surface area (TPSA) is 66.9 Å². The summed E-state index contributed by atoms with van der Waals surface area (Å²) < 4.78 is 0. The molecule has 0 aliphatic heterocycles. The molecule has 0 aliphatic carbocycles. The molecule has 5 heteroatoms. The predicted molar refractivity (Wildman–Crippen MR) is 105 cm³/mol. The summed E-state index contributed by atoms with van der Waals surface area (Å²) in [5.74, 6) is 0.318. The van der Waals surface area contributed by atoms with Gasteiger partial charge in [-0.1, -0.05) is 23.8 Å². The Balaban J connectivity index is 1.70. The minimum atomic E-state index is -0.279. The number of aryl methyl sites for hydroxylation is 4. The Hall–Kier alpha value is -3.21. The first kappa shape index (κ1) is 17.6. The monoisotopic (exact) mass is 346 g/mol. The summed E-state index contributed by atoms with van der Waals surface area (Å²) in [7, 11) is 0. The fourth-order valence-corrected chi connectivity index (χ4v) is 2.62. The lowest BCUT2D eigenvalue weighted by Crippen LogP contribution is -2.14. The highest BCUT2D eigenvalue weighted by Crippen LogP contribution is 2.20. The average Bonchev–Trinajstić information content (AvgIpc) is 2.61. The third kappa shape index (κ3) is 4.06. The molecule has 26 heavy (non-hydrogen) atoms. The van der Waals surface area contributed by atoms with Gasteiger partial charge >= 0.3 is 0 Å². The number of carbonyl (C=O) groups excluding carboxylic acids is 1. The Morgan fingerprint density at radius 3 is 2.31 bits per heavy atom. The van der Waals surface area contributed by atoms with Crippen LogP contribution in [-0.2, 0) is 0 Å². The summed E-state index contributed by atoms with van der Waals surface area (Å²) >= 11 is 0. The van der Waals surface area contributed by atoms with E-state index in [2.05, 4.69) is 33.6 Å². The van der Waals surface area contributed by atoms with E-state index < -0.39 is 0 Å². The van der Waals surface area contributed by atoms with Gasteiger partial charge in [0.1, 0.15) is 11.5 Å². The Labute approximate surface area is 153 Å². The smallest absolute Gasteiger partial charge is 0.275 e. The molecular weight excluding hydrogens is 324 g/mol. The Morgan fingerprint density at radius 1 is 0.846 bits per heavy atom. The molecule has 1 aromatic heterocycles. The van der Waals surface area contributed by atoms with Crippen LogP contribution in [0.25, 0.3) is 0 Å². The number of carbonyl (C=O) groups is 1. The maximum absolute atomic E-state index is 12.3. The van der Waals surface area contributed by atoms with E-state index >= 15 is 0 Å². The van der Waals surface area contributed by atoms with Crippen LogP contribution < -0.4 is 10.6 Å². The molecule has 0 saturated carbocycles. The normalized spacial score (nSPS) is 10.5. The molecule has 0 spiro atoms. The largest absolute Gasteiger partial charge is 0.339 e. The Kier molecular flexibility index (Phi) is 4.98. The van der Waals surface area contributed by atoms with Crippen LogP contribution in [0, 0.1) is 27.7 Å². The van der Waals surface area contributed by atoms with Gasteiger partial charge in [-0.25, -0.2) is 9.97 Å². The van der Waals surface area contributed by atoms with Crippen molar-refractivity contribution < 1.29 is 4.79 Å². The molecule has 132 valence electrons. The molecule has 0 atom stereocenters. The number of hydrogen-bond acceptors (Lipinski definition) is 4. The van der Waals surface area contributed by atoms with Gasteiger partial charge in [0.05, 0.1) is 12.4 Å². The number of amides is 1. The first-order valence-corrected chi connectivity index (χ1v) is 8.47. The van der Waals surface area contributed by atoms with Gasteiger partial charge in [0, 0.05) is 11.4 Å². The van der Waals surface area contributed by atoms with Crippen LogP contribution in [0.4, 0.5) is 17.2 Å². The molecule has 2 N–H and O–H groups in total. The molecule has 0 fully saturated rings. The molecule has 0 radical (unpaired) electrons. The molecule has 5 nitrogen and oxygen atoms in total. The van der Waals surface area contributed by atoms with E-state index in [9.17, 15) is 4.79 Å². The van der Waals surface area contributed by atoms with Crippen LogP contribution >= 0.6 is 0 Å². The highest BCUT2D eigenvalue weighted by Gasteiger charge is 2.09. The second kappa shape index (κ2) is 7.35. The standard InChI is InChI=1S/C21H22N4O/c1-13-5-8-18(16(4)9-13)25-20-12-22-19(11-23-20)21(26)24-17-7-6-14(2)15(3)10-17/h5-12H,1-4H3,(H,23,25)(H,24,26). The zero-order valence-electron chi connectivity index (χ0n) is 15.4. The minimum Gasteiger partial charge on any atom is -0.339 e. The van der Waals surface area contributed by atoms with Crippen molar-refractivity contribution in [1.82, 2.24) is 9.97 Å². The van der Waals surface area contributed by atoms with Crippen LogP contribution in [0.2, 0.25) is 0 Å². The van der Waals surface area contributed by atoms with E-state index in [4.69, 9.17) is 0 Å². The number of nitrogens with zero attached hydrogens (tertiary/aromatic N) is 2. The van der Waals surface area contributed by atoms with Gasteiger partial charge in [0.25, 0.3) is 5.91 Å². The molecular formula is C21H22N4O. The lowest BCUT2D eigenvalue weighted by Gasteiger charge is -2.10. The van der Waals surface area contributed by atoms with Crippen molar-refractivity contribution in [1.29, 1.82) is 0 Å². The maximum atomic E-state index is 12.3. The summed E-state index contributed by atoms with van der Waals surface area (Å²) in [5, 5.41) is 6.07. The fraction of sp³-hybridized carbons (Fsp3) is 0.190. The predicted octanol–water partition coefficient (Wildman–Crippen LogP) is 4.71. The van der Waals surface area contributed by atoms with Gasteiger partial charge in [-0.2, -0.15) is 0 Å². The molecule has 2 aromatic carbocycles. The highest BCUT2D eigenvalue weighted by atomic mass is 16.1. The molecule has 0 aliphatic rings. The third-order valence-electron chi connectivity index (χ3n) is 4.29. The summed E-state index contributed by atoms with van der Waals surface area (Å²) in [6, 6.07) is 11.9. The van der Waals surface area contributed by atoms with Crippen LogP contribution in [0.1, 0.15) is 32.7 Å². The number of benzene rings is 2. The molecule has 1 amide bonds. The molecule has 0 saturated heterocycles. The number of nitrogens with one attached hydrogen (secondary N) is 2. The summed E-state index contributed by atoms with van der Waals surface area (Å²) in [5.41, 5.74) is 6.64. The lowest BCUT2D eigenvalue weighted by molar-refractivity contribution is 0.102. The van der Waals surface area contributed by atoms with Gasteiger partial charge in [-0.3, -0.25) is 4.79 Å². The number of anilines is 3. The lowest BCUT2D eigenvalue weighted by atomic mass is 10.1. The van der Waals surface area contributed by atoms with Crippen LogP contribution in [0.15, 0.2) is 48.8 Å². The average molecular weight is 346 g/mol. The van der Waals surface area contributed by atoms with Gasteiger partial charge in [-0.05, 0) is 62.6 Å². The fourth-order valence-electron chi connectivity index (χ4n) is 2.62. The van der Waals surface area contributed by atoms with E-state index in [-0.39, 0.29) is 11.6 Å². The van der Waals surface area contributed by atoms with Crippen LogP contribution in [0.5, 0.6) is 0 Å². The van der Waals surface area contributed by atoms with E-state index in [1.807, 2.05) is 51.1 Å². The SMILES string of the molecule is Cc1ccc(Nc2cnc(C(=O)Nc3ccc(C)c(C)c3)cn2)c(C)c1.